The quantitative estimate of drug-likeness (QED) is 0.184. The van der Waals surface area contributed by atoms with Crippen LogP contribution in [0.5, 0.6) is 0 Å². The van der Waals surface area contributed by atoms with E-state index in [4.69, 9.17) is 28.9 Å². The summed E-state index contributed by atoms with van der Waals surface area (Å²) in [6.45, 7) is 16.2. The monoisotopic (exact) mass is 682 g/mol. The number of rotatable bonds is 10. The van der Waals surface area contributed by atoms with Crippen LogP contribution in [-0.4, -0.2) is 48.2 Å². The van der Waals surface area contributed by atoms with Crippen LogP contribution in [0.3, 0.4) is 0 Å². The van der Waals surface area contributed by atoms with Crippen molar-refractivity contribution < 1.29 is 13.6 Å². The number of nitrogens with two attached hydrogens (primary N) is 1. The highest BCUT2D eigenvalue weighted by atomic mass is 79.9. The molecule has 0 radical (unpaired) electrons. The topological polar surface area (TPSA) is 46.3 Å². The fourth-order valence-electron chi connectivity index (χ4n) is 3.76. The minimum Gasteiger partial charge on any atom is -0.330 e. The van der Waals surface area contributed by atoms with Crippen LogP contribution in [0.4, 0.5) is 8.78 Å². The van der Waals surface area contributed by atoms with Gasteiger partial charge in [0.1, 0.15) is 0 Å². The zero-order valence-electron chi connectivity index (χ0n) is 26.4. The first-order valence-electron chi connectivity index (χ1n) is 14.9. The minimum absolute atomic E-state index is 0.0804. The first-order chi connectivity index (χ1) is 19.2. The Morgan fingerprint density at radius 2 is 1.71 bits per heavy atom. The van der Waals surface area contributed by atoms with Gasteiger partial charge in [-0.05, 0) is 86.5 Å². The summed E-state index contributed by atoms with van der Waals surface area (Å²) in [5.74, 6) is -2.58. The summed E-state index contributed by atoms with van der Waals surface area (Å²) < 4.78 is 24.3. The minimum atomic E-state index is -3.14. The Morgan fingerprint density at radius 1 is 1.17 bits per heavy atom. The third kappa shape index (κ3) is 24.4. The molecule has 1 atom stereocenters. The van der Waals surface area contributed by atoms with Crippen molar-refractivity contribution in [1.82, 2.24) is 4.90 Å². The van der Waals surface area contributed by atoms with E-state index in [0.717, 1.165) is 51.2 Å². The summed E-state index contributed by atoms with van der Waals surface area (Å²) in [5, 5.41) is 0.606. The van der Waals surface area contributed by atoms with Crippen LogP contribution in [0.25, 0.3) is 0 Å². The second-order valence-corrected chi connectivity index (χ2v) is 12.7. The zero-order valence-corrected chi connectivity index (χ0v) is 29.5. The number of allylic oxidation sites excluding steroid dienone is 8. The van der Waals surface area contributed by atoms with Crippen LogP contribution in [0.15, 0.2) is 57.6 Å². The van der Waals surface area contributed by atoms with Crippen LogP contribution >= 0.6 is 39.1 Å². The van der Waals surface area contributed by atoms with Crippen LogP contribution in [-0.2, 0) is 4.79 Å². The molecule has 0 heterocycles. The van der Waals surface area contributed by atoms with Gasteiger partial charge < -0.3 is 5.73 Å². The lowest BCUT2D eigenvalue weighted by atomic mass is 9.82. The van der Waals surface area contributed by atoms with Gasteiger partial charge in [-0.15, -0.1) is 11.6 Å². The zero-order chi connectivity index (χ0) is 31.8. The number of halogens is 5. The van der Waals surface area contributed by atoms with Crippen LogP contribution in [0, 0.1) is 11.8 Å². The number of Topliss-reactive ketones (excluding diaryl/α,β-unsaturated/α-hetero) is 1. The lowest BCUT2D eigenvalue weighted by Crippen LogP contribution is -2.33. The van der Waals surface area contributed by atoms with Crippen molar-refractivity contribution in [2.45, 2.75) is 105 Å². The van der Waals surface area contributed by atoms with E-state index in [0.29, 0.717) is 12.0 Å². The van der Waals surface area contributed by atoms with E-state index in [2.05, 4.69) is 72.8 Å². The Labute approximate surface area is 268 Å². The molecule has 3 nitrogen and oxygen atoms in total. The van der Waals surface area contributed by atoms with Crippen LogP contribution < -0.4 is 5.73 Å². The standard InChI is InChI=1S/C18H29BrN2.C8H12Cl2.C4H6F2O.C3H8/c1-2-21(13-16-4-3-5-18(19)11-10-16)14-17-8-6-15(12-20)7-9-17;1-3-4-5-6-8(10)7(2)9;1-3(7)4(2,5)6;1-3-2/h3-4,10-11,15,17H,2,5-9,12-14,20H2,1H3;4-7H,3H2,1-2H3;1-2H3;3H2,1-2H3/b;5-4-,8-6+;;. The molecule has 2 aliphatic rings. The van der Waals surface area contributed by atoms with Crippen molar-refractivity contribution in [2.75, 3.05) is 26.2 Å². The van der Waals surface area contributed by atoms with E-state index in [1.165, 1.54) is 48.7 Å². The number of alkyl halides is 3. The number of hydrogen-bond donors (Lipinski definition) is 1. The van der Waals surface area contributed by atoms with Gasteiger partial charge in [0.2, 0.25) is 0 Å². The van der Waals surface area contributed by atoms with Gasteiger partial charge in [0.15, 0.2) is 5.78 Å². The Kier molecular flexibility index (Phi) is 26.5. The second-order valence-electron chi connectivity index (χ2n) is 10.6. The molecule has 0 spiro atoms. The SMILES string of the molecule is CC(=O)C(C)(F)F.CC/C=C\C=C(\Cl)C(C)Cl.CCC.CCN(CC1=CC=C(Br)CC=C1)CC1CCC(CN)CC1. The molecule has 1 saturated carbocycles. The Bertz CT molecular complexity index is 841. The van der Waals surface area contributed by atoms with E-state index in [1.807, 2.05) is 25.2 Å². The fourth-order valence-corrected chi connectivity index (χ4v) is 4.22. The average Bonchev–Trinajstić information content (AvgIpc) is 3.13. The van der Waals surface area contributed by atoms with Gasteiger partial charge >= 0.3 is 5.92 Å². The highest BCUT2D eigenvalue weighted by molar-refractivity contribution is 9.11. The van der Waals surface area contributed by atoms with E-state index in [-0.39, 0.29) is 5.38 Å². The molecule has 41 heavy (non-hydrogen) atoms. The molecule has 0 aliphatic heterocycles. The molecule has 0 amide bonds. The summed E-state index contributed by atoms with van der Waals surface area (Å²) in [5.41, 5.74) is 7.21. The highest BCUT2D eigenvalue weighted by Crippen LogP contribution is 2.29. The number of nitrogens with zero attached hydrogens (tertiary/aromatic N) is 1. The molecular formula is C33H55BrCl2F2N2O. The summed E-state index contributed by atoms with van der Waals surface area (Å²) >= 11 is 15.0. The predicted octanol–water partition coefficient (Wildman–Crippen LogP) is 10.6. The fraction of sp³-hybridized carbons (Fsp3) is 0.667. The van der Waals surface area contributed by atoms with Gasteiger partial charge in [-0.3, -0.25) is 9.69 Å². The van der Waals surface area contributed by atoms with Gasteiger partial charge in [-0.1, -0.05) is 98.1 Å². The van der Waals surface area contributed by atoms with Gasteiger partial charge in [0, 0.05) is 32.0 Å². The molecule has 2 N–H and O–H groups in total. The number of carbonyl (C=O) groups is 1. The normalized spacial score (nSPS) is 19.9. The molecule has 0 saturated heterocycles. The molecular weight excluding hydrogens is 629 g/mol. The second kappa shape index (κ2) is 25.7. The number of ketones is 1. The maximum absolute atomic E-state index is 11.5. The molecule has 0 aromatic carbocycles. The molecule has 1 fully saturated rings. The lowest BCUT2D eigenvalue weighted by Gasteiger charge is -2.32. The predicted molar refractivity (Wildman–Crippen MR) is 181 cm³/mol. The Balaban J connectivity index is 0. The smallest absolute Gasteiger partial charge is 0.302 e. The Hall–Kier alpha value is -0.790. The maximum atomic E-state index is 11.5. The molecule has 2 rings (SSSR count). The van der Waals surface area contributed by atoms with Crippen molar-refractivity contribution in [1.29, 1.82) is 0 Å². The molecule has 238 valence electrons. The van der Waals surface area contributed by atoms with Gasteiger partial charge in [-0.25, -0.2) is 0 Å². The largest absolute Gasteiger partial charge is 0.330 e. The lowest BCUT2D eigenvalue weighted by molar-refractivity contribution is -0.138. The molecule has 0 aromatic heterocycles. The summed E-state index contributed by atoms with van der Waals surface area (Å²) in [4.78, 5) is 12.3. The number of hydrogen-bond acceptors (Lipinski definition) is 3. The molecule has 0 aromatic rings. The van der Waals surface area contributed by atoms with Crippen molar-refractivity contribution in [3.05, 3.63) is 57.6 Å². The van der Waals surface area contributed by atoms with Gasteiger partial charge in [-0.2, -0.15) is 8.78 Å². The Morgan fingerprint density at radius 3 is 2.15 bits per heavy atom. The van der Waals surface area contributed by atoms with E-state index in [9.17, 15) is 13.6 Å². The van der Waals surface area contributed by atoms with E-state index < -0.39 is 11.7 Å². The highest BCUT2D eigenvalue weighted by Gasteiger charge is 2.27. The maximum Gasteiger partial charge on any atom is 0.302 e. The van der Waals surface area contributed by atoms with Gasteiger partial charge in [0.05, 0.1) is 5.38 Å². The third-order valence-corrected chi connectivity index (χ3v) is 7.81. The van der Waals surface area contributed by atoms with Crippen molar-refractivity contribution in [3.8, 4) is 0 Å². The molecule has 2 aliphatic carbocycles. The third-order valence-electron chi connectivity index (χ3n) is 6.42. The van der Waals surface area contributed by atoms with Crippen molar-refractivity contribution in [3.63, 3.8) is 0 Å². The first-order valence-corrected chi connectivity index (χ1v) is 16.5. The number of likely N-dealkylation sites (N-methyl/N-ethyl adjacent to an activating group) is 1. The van der Waals surface area contributed by atoms with Gasteiger partial charge in [0.25, 0.3) is 0 Å². The summed E-state index contributed by atoms with van der Waals surface area (Å²) in [6.07, 6.45) is 23.4. The van der Waals surface area contributed by atoms with E-state index >= 15 is 0 Å². The summed E-state index contributed by atoms with van der Waals surface area (Å²) in [7, 11) is 0. The van der Waals surface area contributed by atoms with E-state index in [1.54, 1.807) is 0 Å². The van der Waals surface area contributed by atoms with Crippen LogP contribution in [0.1, 0.15) is 93.4 Å². The average molecular weight is 685 g/mol. The molecule has 1 unspecified atom stereocenters. The number of carbonyl (C=O) groups excluding carboxylic acids is 1. The van der Waals surface area contributed by atoms with Crippen molar-refractivity contribution >= 4 is 44.9 Å². The molecule has 0 bridgehead atoms. The first kappa shape index (κ1) is 42.3. The van der Waals surface area contributed by atoms with Crippen molar-refractivity contribution in [2.24, 2.45) is 17.6 Å². The summed E-state index contributed by atoms with van der Waals surface area (Å²) in [6, 6.07) is 0. The van der Waals surface area contributed by atoms with Crippen LogP contribution in [0.2, 0.25) is 0 Å². The molecule has 8 heteroatoms.